The predicted molar refractivity (Wildman–Crippen MR) is 56.0 cm³/mol. The number of aldehydes is 1. The Morgan fingerprint density at radius 3 is 2.25 bits per heavy atom. The number of hydrogen-bond donors (Lipinski definition) is 0. The predicted octanol–water partition coefficient (Wildman–Crippen LogP) is 1.93. The van der Waals surface area contributed by atoms with Gasteiger partial charge in [-0.25, -0.2) is 0 Å². The van der Waals surface area contributed by atoms with Crippen LogP contribution in [0.4, 0.5) is 8.63 Å². The number of hydrogen-bond acceptors (Lipinski definition) is 3. The van der Waals surface area contributed by atoms with Gasteiger partial charge in [-0.1, -0.05) is 0 Å². The van der Waals surface area contributed by atoms with Crippen LogP contribution in [0.3, 0.4) is 0 Å². The lowest BCUT2D eigenvalue weighted by Crippen LogP contribution is -1.98. The summed E-state index contributed by atoms with van der Waals surface area (Å²) in [6.45, 7) is 0. The average Bonchev–Trinajstić information content (AvgIpc) is 2.30. The third-order valence-electron chi connectivity index (χ3n) is 1.68. The van der Waals surface area contributed by atoms with Crippen molar-refractivity contribution in [2.75, 3.05) is 7.11 Å². The van der Waals surface area contributed by atoms with Gasteiger partial charge in [0, 0.05) is 5.56 Å². The van der Waals surface area contributed by atoms with Crippen LogP contribution in [0.5, 0.6) is 5.75 Å². The smallest absolute Gasteiger partial charge is 0.497 e. The molecule has 85 valence electrons. The van der Waals surface area contributed by atoms with Crippen molar-refractivity contribution < 1.29 is 23.0 Å². The number of halogens is 2. The minimum atomic E-state index is -1.00. The maximum atomic E-state index is 11.2. The van der Waals surface area contributed by atoms with Crippen LogP contribution in [0.1, 0.15) is 16.8 Å². The lowest BCUT2D eigenvalue weighted by Gasteiger charge is -2.00. The molecule has 0 spiro atoms. The van der Waals surface area contributed by atoms with E-state index in [9.17, 15) is 18.2 Å². The van der Waals surface area contributed by atoms with Crippen LogP contribution in [0.15, 0.2) is 24.3 Å². The van der Waals surface area contributed by atoms with E-state index in [4.69, 9.17) is 4.74 Å². The van der Waals surface area contributed by atoms with Gasteiger partial charge < -0.3 is 9.53 Å². The largest absolute Gasteiger partial charge is 0.577 e. The first-order valence-electron chi connectivity index (χ1n) is 4.32. The molecule has 0 aliphatic heterocycles. The number of carbonyl (C=O) groups excluding carboxylic acids is 2. The van der Waals surface area contributed by atoms with Crippen LogP contribution >= 0.6 is 0 Å². The highest BCUT2D eigenvalue weighted by molar-refractivity contribution is 6.15. The minimum absolute atomic E-state index is 0.0632. The third kappa shape index (κ3) is 5.24. The molecule has 0 aliphatic carbocycles. The molecule has 6 heteroatoms. The fourth-order valence-electron chi connectivity index (χ4n) is 0.970. The van der Waals surface area contributed by atoms with E-state index in [2.05, 4.69) is 0 Å². The molecule has 0 unspecified atom stereocenters. The highest BCUT2D eigenvalue weighted by Gasteiger charge is 2.03. The van der Waals surface area contributed by atoms with Gasteiger partial charge in [0.05, 0.1) is 13.5 Å². The molecule has 0 bridgehead atoms. The molecule has 0 N–H and O–H groups in total. The van der Waals surface area contributed by atoms with Gasteiger partial charge in [0.1, 0.15) is 12.0 Å². The Balaban J connectivity index is 0.000000673. The summed E-state index contributed by atoms with van der Waals surface area (Å²) in [5.41, 5.74) is 0.535. The Morgan fingerprint density at radius 2 is 1.88 bits per heavy atom. The summed E-state index contributed by atoms with van der Waals surface area (Å²) in [6.07, 6.45) is 0.541. The third-order valence-corrected chi connectivity index (χ3v) is 1.68. The monoisotopic (exact) mass is 227 g/mol. The minimum Gasteiger partial charge on any atom is -0.497 e. The topological polar surface area (TPSA) is 43.4 Å². The molecule has 3 nitrogen and oxygen atoms in total. The van der Waals surface area contributed by atoms with Crippen LogP contribution in [0, 0.1) is 0 Å². The molecule has 0 fully saturated rings. The van der Waals surface area contributed by atoms with Crippen molar-refractivity contribution in [3.05, 3.63) is 29.8 Å². The normalized spacial score (nSPS) is 8.44. The van der Waals surface area contributed by atoms with Gasteiger partial charge in [0.2, 0.25) is 0 Å². The van der Waals surface area contributed by atoms with Crippen molar-refractivity contribution in [1.82, 2.24) is 0 Å². The quantitative estimate of drug-likeness (QED) is 0.341. The van der Waals surface area contributed by atoms with Gasteiger partial charge in [0.25, 0.3) is 0 Å². The highest BCUT2D eigenvalue weighted by Crippen LogP contribution is 2.12. The number of rotatable bonds is 4. The molecular formula is C10H10BF2O3. The fraction of sp³-hybridized carbons (Fsp3) is 0.200. The van der Waals surface area contributed by atoms with Crippen LogP contribution in [-0.4, -0.2) is 27.0 Å². The Hall–Kier alpha value is -1.72. The van der Waals surface area contributed by atoms with E-state index >= 15 is 0 Å². The molecule has 0 aliphatic rings. The number of benzene rings is 1. The number of ketones is 1. The SMILES string of the molecule is COc1ccc(C(=O)CC=O)cc1.F[B]F. The Kier molecular flexibility index (Phi) is 7.66. The van der Waals surface area contributed by atoms with Crippen LogP contribution in [0.2, 0.25) is 0 Å². The summed E-state index contributed by atoms with van der Waals surface area (Å²) in [7, 11) is 0.558. The fourth-order valence-corrected chi connectivity index (χ4v) is 0.970. The van der Waals surface area contributed by atoms with Crippen molar-refractivity contribution in [3.8, 4) is 5.75 Å². The molecule has 0 saturated heterocycles. The zero-order chi connectivity index (χ0) is 12.4. The van der Waals surface area contributed by atoms with Crippen molar-refractivity contribution in [1.29, 1.82) is 0 Å². The molecule has 1 radical (unpaired) electrons. The van der Waals surface area contributed by atoms with Crippen molar-refractivity contribution >= 4 is 19.9 Å². The molecule has 0 heterocycles. The van der Waals surface area contributed by atoms with Gasteiger partial charge in [0.15, 0.2) is 5.78 Å². The first-order valence-corrected chi connectivity index (χ1v) is 4.32. The molecule has 1 aromatic rings. The van der Waals surface area contributed by atoms with Crippen molar-refractivity contribution in [2.45, 2.75) is 6.42 Å². The molecule has 1 aromatic carbocycles. The molecule has 0 aromatic heterocycles. The van der Waals surface area contributed by atoms with Crippen molar-refractivity contribution in [3.63, 3.8) is 0 Å². The van der Waals surface area contributed by atoms with E-state index in [-0.39, 0.29) is 12.2 Å². The second-order valence-electron chi connectivity index (χ2n) is 2.60. The van der Waals surface area contributed by atoms with Crippen molar-refractivity contribution in [2.24, 2.45) is 0 Å². The van der Waals surface area contributed by atoms with Crippen LogP contribution < -0.4 is 4.74 Å². The maximum Gasteiger partial charge on any atom is 0.577 e. The molecule has 0 atom stereocenters. The van der Waals surface area contributed by atoms with E-state index in [0.717, 1.165) is 0 Å². The molecular weight excluding hydrogens is 217 g/mol. The number of methoxy groups -OCH3 is 1. The first kappa shape index (κ1) is 14.3. The van der Waals surface area contributed by atoms with E-state index in [0.29, 0.717) is 17.6 Å². The molecule has 1 rings (SSSR count). The summed E-state index contributed by atoms with van der Waals surface area (Å²) in [4.78, 5) is 21.2. The molecule has 16 heavy (non-hydrogen) atoms. The number of carbonyl (C=O) groups is 2. The summed E-state index contributed by atoms with van der Waals surface area (Å²) in [5, 5.41) is 0. The van der Waals surface area contributed by atoms with Gasteiger partial charge in [-0.05, 0) is 24.3 Å². The lowest BCUT2D eigenvalue weighted by atomic mass is 10.1. The zero-order valence-electron chi connectivity index (χ0n) is 8.65. The average molecular weight is 227 g/mol. The second kappa shape index (κ2) is 8.58. The van der Waals surface area contributed by atoms with Gasteiger partial charge in [-0.3, -0.25) is 13.4 Å². The van der Waals surface area contributed by atoms with E-state index in [1.54, 1.807) is 31.4 Å². The Labute approximate surface area is 92.8 Å². The van der Waals surface area contributed by atoms with Crippen LogP contribution in [-0.2, 0) is 4.79 Å². The summed E-state index contributed by atoms with van der Waals surface area (Å²) < 4.78 is 23.9. The van der Waals surface area contributed by atoms with E-state index in [1.165, 1.54) is 0 Å². The Bertz CT molecular complexity index is 327. The number of Topliss-reactive ketones (excluding diaryl/α,β-unsaturated/α-hetero) is 1. The lowest BCUT2D eigenvalue weighted by molar-refractivity contribution is -0.107. The summed E-state index contributed by atoms with van der Waals surface area (Å²) in [6, 6.07) is 6.67. The zero-order valence-corrected chi connectivity index (χ0v) is 8.65. The van der Waals surface area contributed by atoms with Crippen LogP contribution in [0.25, 0.3) is 0 Å². The number of ether oxygens (including phenoxy) is 1. The molecule has 0 amide bonds. The van der Waals surface area contributed by atoms with Gasteiger partial charge >= 0.3 is 7.83 Å². The molecule has 0 saturated carbocycles. The standard InChI is InChI=1S/C10H10O3.BF2/c1-13-9-4-2-8(3-5-9)10(12)6-7-11;2-1-3/h2-5,7H,6H2,1H3;. The van der Waals surface area contributed by atoms with E-state index < -0.39 is 7.83 Å². The Morgan fingerprint density at radius 1 is 1.38 bits per heavy atom. The summed E-state index contributed by atoms with van der Waals surface area (Å²) in [5.74, 6) is 0.528. The summed E-state index contributed by atoms with van der Waals surface area (Å²) >= 11 is 0. The highest BCUT2D eigenvalue weighted by atomic mass is 19.2. The van der Waals surface area contributed by atoms with Gasteiger partial charge in [-0.15, -0.1) is 0 Å². The van der Waals surface area contributed by atoms with E-state index in [1.807, 2.05) is 0 Å². The first-order chi connectivity index (χ1) is 7.69. The van der Waals surface area contributed by atoms with Gasteiger partial charge in [-0.2, -0.15) is 0 Å². The maximum absolute atomic E-state index is 11.2. The second-order valence-corrected chi connectivity index (χ2v) is 2.60.